The molecular formula is C27H32N2O6S2. The van der Waals surface area contributed by atoms with Gasteiger partial charge in [-0.05, 0) is 55.0 Å². The Kier molecular flexibility index (Phi) is 7.44. The second-order valence-electron chi connectivity index (χ2n) is 9.93. The van der Waals surface area contributed by atoms with Crippen molar-refractivity contribution < 1.29 is 27.2 Å². The highest BCUT2D eigenvalue weighted by atomic mass is 32.3. The van der Waals surface area contributed by atoms with Crippen LogP contribution in [0.3, 0.4) is 0 Å². The van der Waals surface area contributed by atoms with Crippen LogP contribution in [0, 0.1) is 12.8 Å². The molecule has 2 aromatic carbocycles. The molecule has 5 rings (SSSR count). The highest BCUT2D eigenvalue weighted by Crippen LogP contribution is 2.27. The average molecular weight is 545 g/mol. The fraction of sp³-hybridized carbons (Fsp3) is 0.407. The first-order chi connectivity index (χ1) is 17.7. The van der Waals surface area contributed by atoms with Crippen molar-refractivity contribution in [1.29, 1.82) is 0 Å². The first-order valence-corrected chi connectivity index (χ1v) is 15.7. The molecule has 1 saturated heterocycles. The van der Waals surface area contributed by atoms with Crippen molar-refractivity contribution in [2.75, 3.05) is 24.7 Å². The average Bonchev–Trinajstić information content (AvgIpc) is 3.27. The number of hydrogen-bond acceptors (Lipinski definition) is 7. The van der Waals surface area contributed by atoms with Gasteiger partial charge in [0.05, 0.1) is 27.8 Å². The molecule has 0 aromatic heterocycles. The topological polar surface area (TPSA) is 106 Å². The van der Waals surface area contributed by atoms with Crippen LogP contribution in [-0.2, 0) is 42.3 Å². The summed E-state index contributed by atoms with van der Waals surface area (Å²) in [4.78, 5) is 2.32. The number of aliphatic hydroxyl groups excluding tert-OH is 1. The van der Waals surface area contributed by atoms with Crippen LogP contribution in [0.5, 0.6) is 0 Å². The lowest BCUT2D eigenvalue weighted by Crippen LogP contribution is -2.28. The van der Waals surface area contributed by atoms with E-state index in [1.54, 1.807) is 18.2 Å². The molecule has 3 aliphatic heterocycles. The highest BCUT2D eigenvalue weighted by Gasteiger charge is 2.28. The molecule has 198 valence electrons. The Morgan fingerprint density at radius 2 is 1.73 bits per heavy atom. The summed E-state index contributed by atoms with van der Waals surface area (Å²) < 4.78 is 53.8. The van der Waals surface area contributed by atoms with Crippen LogP contribution in [-0.4, -0.2) is 53.4 Å². The molecule has 37 heavy (non-hydrogen) atoms. The number of sulfonamides is 1. The van der Waals surface area contributed by atoms with Gasteiger partial charge in [-0.25, -0.2) is 4.21 Å². The lowest BCUT2D eigenvalue weighted by atomic mass is 10.0. The smallest absolute Gasteiger partial charge is 0.290 e. The van der Waals surface area contributed by atoms with Gasteiger partial charge >= 0.3 is 0 Å². The van der Waals surface area contributed by atoms with E-state index >= 15 is 0 Å². The van der Waals surface area contributed by atoms with Crippen LogP contribution in [0.2, 0.25) is 0 Å². The zero-order valence-corrected chi connectivity index (χ0v) is 22.4. The van der Waals surface area contributed by atoms with Gasteiger partial charge in [0.15, 0.2) is 5.76 Å². The minimum absolute atomic E-state index is 0.0613. The number of aliphatic hydroxyl groups is 1. The second kappa shape index (κ2) is 10.6. The predicted molar refractivity (Wildman–Crippen MR) is 141 cm³/mol. The Morgan fingerprint density at radius 3 is 2.35 bits per heavy atom. The summed E-state index contributed by atoms with van der Waals surface area (Å²) in [7, 11) is -6.82. The van der Waals surface area contributed by atoms with E-state index in [2.05, 4.69) is 20.8 Å². The number of fused-ring (bicyclic) bond motifs is 1. The second-order valence-corrected chi connectivity index (χ2v) is 14.3. The van der Waals surface area contributed by atoms with E-state index in [4.69, 9.17) is 9.47 Å². The van der Waals surface area contributed by atoms with Crippen LogP contribution in [0.1, 0.15) is 29.5 Å². The molecule has 0 amide bonds. The number of rotatable bonds is 7. The first kappa shape index (κ1) is 26.0. The zero-order chi connectivity index (χ0) is 26.0. The summed E-state index contributed by atoms with van der Waals surface area (Å²) in [6.07, 6.45) is 3.30. The van der Waals surface area contributed by atoms with E-state index in [1.165, 1.54) is 29.5 Å². The number of hydrogen-bond donors (Lipinski definition) is 1. The van der Waals surface area contributed by atoms with Crippen LogP contribution < -0.4 is 0 Å². The van der Waals surface area contributed by atoms with Crippen LogP contribution in [0.25, 0.3) is 0 Å². The minimum Gasteiger partial charge on any atom is -0.491 e. The molecule has 3 aliphatic rings. The van der Waals surface area contributed by atoms with E-state index in [1.807, 2.05) is 19.1 Å². The molecule has 0 radical (unpaired) electrons. The molecule has 0 saturated carbocycles. The molecule has 3 heterocycles. The fourth-order valence-electron chi connectivity index (χ4n) is 4.78. The van der Waals surface area contributed by atoms with Gasteiger partial charge in [-0.15, -0.1) is 3.77 Å². The maximum atomic E-state index is 13.1. The Labute approximate surface area is 218 Å². The molecule has 10 heteroatoms. The van der Waals surface area contributed by atoms with Gasteiger partial charge in [0, 0.05) is 24.6 Å². The maximum Gasteiger partial charge on any atom is 0.290 e. The van der Waals surface area contributed by atoms with Gasteiger partial charge in [-0.1, -0.05) is 42.0 Å². The molecule has 0 spiro atoms. The molecular weight excluding hydrogens is 512 g/mol. The van der Waals surface area contributed by atoms with Gasteiger partial charge in [-0.3, -0.25) is 4.90 Å². The van der Waals surface area contributed by atoms with Gasteiger partial charge in [0.2, 0.25) is 0 Å². The Hall–Kier alpha value is -2.66. The third-order valence-corrected chi connectivity index (χ3v) is 11.5. The highest BCUT2D eigenvalue weighted by molar-refractivity contribution is 8.03. The summed E-state index contributed by atoms with van der Waals surface area (Å²) in [6, 6.07) is 14.7. The van der Waals surface area contributed by atoms with E-state index < -0.39 is 25.9 Å². The number of aryl methyl sites for hydroxylation is 1. The fourth-order valence-corrected chi connectivity index (χ4v) is 9.24. The molecule has 0 aliphatic carbocycles. The van der Waals surface area contributed by atoms with Gasteiger partial charge in [0.1, 0.15) is 18.1 Å². The molecule has 0 bridgehead atoms. The summed E-state index contributed by atoms with van der Waals surface area (Å²) in [6.45, 7) is 4.50. The normalized spacial score (nSPS) is 26.0. The summed E-state index contributed by atoms with van der Waals surface area (Å²) >= 11 is 0. The van der Waals surface area contributed by atoms with Crippen molar-refractivity contribution in [3.8, 4) is 0 Å². The van der Waals surface area contributed by atoms with Crippen molar-refractivity contribution in [3.63, 3.8) is 0 Å². The number of benzene rings is 2. The zero-order valence-electron chi connectivity index (χ0n) is 20.8. The van der Waals surface area contributed by atoms with Crippen molar-refractivity contribution in [2.45, 2.75) is 43.9 Å². The standard InChI is InChI=1S/C27H32N2O6S2/c1-20-6-8-25(9-7-20)37(32,33)28-36(31)12-10-21(11-13-36)18-35-27-19-34-24(14-26(27)30)17-29-15-22-4-2-3-5-23(22)16-29/h2-9,14,19,21,26,30H,10-13,15-18H2,1H3. The van der Waals surface area contributed by atoms with Crippen LogP contribution >= 0.6 is 0 Å². The Bertz CT molecular complexity index is 1400. The summed E-state index contributed by atoms with van der Waals surface area (Å²) in [5.74, 6) is 1.51. The maximum absolute atomic E-state index is 13.1. The molecule has 1 fully saturated rings. The quantitative estimate of drug-likeness (QED) is 0.567. The van der Waals surface area contributed by atoms with Gasteiger partial charge < -0.3 is 14.6 Å². The van der Waals surface area contributed by atoms with Crippen LogP contribution in [0.15, 0.2) is 81.1 Å². The van der Waals surface area contributed by atoms with Gasteiger partial charge in [-0.2, -0.15) is 8.42 Å². The first-order valence-electron chi connectivity index (χ1n) is 12.4. The van der Waals surface area contributed by atoms with Crippen molar-refractivity contribution in [3.05, 3.63) is 89.1 Å². The van der Waals surface area contributed by atoms with E-state index in [0.717, 1.165) is 18.7 Å². The largest absolute Gasteiger partial charge is 0.491 e. The number of ether oxygens (including phenoxy) is 2. The Balaban J connectivity index is 1.10. The van der Waals surface area contributed by atoms with Crippen molar-refractivity contribution in [2.24, 2.45) is 9.69 Å². The SMILES string of the molecule is Cc1ccc(S(=O)(=O)N=S2(=O)CCC(COC3=COC(CN4Cc5ccccc5C4)=CC3O)CC2)cc1. The third kappa shape index (κ3) is 6.26. The van der Waals surface area contributed by atoms with Gasteiger partial charge in [0.25, 0.3) is 10.0 Å². The molecule has 1 N–H and O–H groups in total. The summed E-state index contributed by atoms with van der Waals surface area (Å²) in [5, 5.41) is 10.6. The predicted octanol–water partition coefficient (Wildman–Crippen LogP) is 3.71. The minimum atomic E-state index is -3.97. The summed E-state index contributed by atoms with van der Waals surface area (Å²) in [5.41, 5.74) is 3.57. The van der Waals surface area contributed by atoms with Crippen molar-refractivity contribution in [1.82, 2.24) is 4.90 Å². The molecule has 1 unspecified atom stereocenters. The van der Waals surface area contributed by atoms with E-state index in [-0.39, 0.29) is 22.3 Å². The van der Waals surface area contributed by atoms with E-state index in [9.17, 15) is 17.7 Å². The molecule has 8 nitrogen and oxygen atoms in total. The molecule has 1 atom stereocenters. The van der Waals surface area contributed by atoms with Crippen LogP contribution in [0.4, 0.5) is 0 Å². The lowest BCUT2D eigenvalue weighted by molar-refractivity contribution is 0.0796. The van der Waals surface area contributed by atoms with E-state index in [0.29, 0.717) is 37.5 Å². The Morgan fingerprint density at radius 1 is 1.08 bits per heavy atom. The lowest BCUT2D eigenvalue weighted by Gasteiger charge is -2.27. The third-order valence-electron chi connectivity index (χ3n) is 6.98. The monoisotopic (exact) mass is 544 g/mol. The number of nitrogens with zero attached hydrogens (tertiary/aromatic N) is 2. The molecule has 2 aromatic rings. The van der Waals surface area contributed by atoms with Crippen molar-refractivity contribution >= 4 is 19.8 Å².